The number of rotatable bonds is 2. The Morgan fingerprint density at radius 1 is 1.03 bits per heavy atom. The van der Waals surface area contributed by atoms with Crippen LogP contribution in [0.25, 0.3) is 5.70 Å². The van der Waals surface area contributed by atoms with Crippen molar-refractivity contribution in [3.8, 4) is 0 Å². The van der Waals surface area contributed by atoms with Gasteiger partial charge in [-0.15, -0.1) is 0 Å². The summed E-state index contributed by atoms with van der Waals surface area (Å²) < 4.78 is 7.62. The van der Waals surface area contributed by atoms with Crippen LogP contribution in [0.5, 0.6) is 0 Å². The van der Waals surface area contributed by atoms with Gasteiger partial charge in [-0.05, 0) is 6.07 Å². The summed E-state index contributed by atoms with van der Waals surface area (Å²) in [5, 5.41) is 14.2. The van der Waals surface area contributed by atoms with Crippen LogP contribution in [0.3, 0.4) is 0 Å². The number of furan rings is 1. The van der Waals surface area contributed by atoms with Crippen molar-refractivity contribution in [2.75, 3.05) is 5.32 Å². The predicted molar refractivity (Wildman–Crippen MR) is 105 cm³/mol. The fourth-order valence-electron chi connectivity index (χ4n) is 4.14. The number of hydrogen-bond donors (Lipinski definition) is 1. The van der Waals surface area contributed by atoms with Crippen molar-refractivity contribution in [1.29, 1.82) is 0 Å². The molecular formula is C20H14N4O6. The van der Waals surface area contributed by atoms with E-state index in [1.165, 1.54) is 30.8 Å². The maximum Gasteiger partial charge on any atom is 0.433 e. The van der Waals surface area contributed by atoms with E-state index in [1.807, 2.05) is 0 Å². The van der Waals surface area contributed by atoms with E-state index < -0.39 is 28.0 Å². The van der Waals surface area contributed by atoms with Gasteiger partial charge in [0.1, 0.15) is 16.5 Å². The third kappa shape index (κ3) is 2.15. The second-order valence-electron chi connectivity index (χ2n) is 7.12. The van der Waals surface area contributed by atoms with Crippen LogP contribution in [0.4, 0.5) is 11.7 Å². The van der Waals surface area contributed by atoms with Gasteiger partial charge < -0.3 is 9.73 Å². The van der Waals surface area contributed by atoms with Crippen LogP contribution in [-0.2, 0) is 14.1 Å². The normalized spacial score (nSPS) is 16.7. The first kappa shape index (κ1) is 17.9. The highest BCUT2D eigenvalue weighted by molar-refractivity contribution is 6.23. The molecule has 0 unspecified atom stereocenters. The van der Waals surface area contributed by atoms with Crippen LogP contribution in [0.2, 0.25) is 0 Å². The van der Waals surface area contributed by atoms with Gasteiger partial charge in [-0.1, -0.05) is 24.3 Å². The Balaban J connectivity index is 1.87. The van der Waals surface area contributed by atoms with Gasteiger partial charge in [-0.2, -0.15) is 0 Å². The quantitative estimate of drug-likeness (QED) is 0.507. The smallest absolute Gasteiger partial charge is 0.405 e. The molecule has 2 aromatic heterocycles. The SMILES string of the molecule is Cn1c2c(c(=O)n(C)c1=O)[C@H](c1ccc([N+](=O)[O-])o1)C1=C(N2)c2ccccc2C1=O. The number of anilines is 1. The molecule has 1 aromatic carbocycles. The molecule has 1 aliphatic heterocycles. The third-order valence-corrected chi connectivity index (χ3v) is 5.55. The van der Waals surface area contributed by atoms with Crippen LogP contribution in [0.15, 0.2) is 56.0 Å². The molecule has 1 atom stereocenters. The highest BCUT2D eigenvalue weighted by atomic mass is 16.6. The van der Waals surface area contributed by atoms with E-state index >= 15 is 0 Å². The van der Waals surface area contributed by atoms with Crippen molar-refractivity contribution in [3.05, 3.63) is 95.4 Å². The van der Waals surface area contributed by atoms with Gasteiger partial charge in [0.25, 0.3) is 5.56 Å². The van der Waals surface area contributed by atoms with E-state index in [9.17, 15) is 24.5 Å². The Kier molecular flexibility index (Phi) is 3.51. The number of Topliss-reactive ketones (excluding diaryl/α,β-unsaturated/α-hetero) is 1. The Labute approximate surface area is 167 Å². The molecule has 5 rings (SSSR count). The lowest BCUT2D eigenvalue weighted by atomic mass is 9.85. The van der Waals surface area contributed by atoms with E-state index in [1.54, 1.807) is 24.3 Å². The molecule has 2 aliphatic rings. The van der Waals surface area contributed by atoms with E-state index in [-0.39, 0.29) is 28.5 Å². The monoisotopic (exact) mass is 406 g/mol. The highest BCUT2D eigenvalue weighted by Gasteiger charge is 2.44. The van der Waals surface area contributed by atoms with Crippen molar-refractivity contribution in [2.24, 2.45) is 14.1 Å². The standard InChI is InChI=1S/C20H14N4O6/c1-22-18-15(19(26)23(2)20(22)27)13(11-7-8-12(30-11)24(28)29)14-16(21-18)9-5-3-4-6-10(9)17(14)25/h3-8,13,21H,1-2H3/t13-/m1/s1. The largest absolute Gasteiger partial charge is 0.433 e. The van der Waals surface area contributed by atoms with E-state index in [2.05, 4.69) is 5.32 Å². The van der Waals surface area contributed by atoms with E-state index in [0.29, 0.717) is 16.8 Å². The van der Waals surface area contributed by atoms with Gasteiger partial charge in [-0.3, -0.25) is 28.8 Å². The van der Waals surface area contributed by atoms with Crippen molar-refractivity contribution in [1.82, 2.24) is 9.13 Å². The van der Waals surface area contributed by atoms with Crippen LogP contribution in [0.1, 0.15) is 33.2 Å². The number of allylic oxidation sites excluding steroid dienone is 1. The number of nitrogens with one attached hydrogen (secondary N) is 1. The van der Waals surface area contributed by atoms with Crippen LogP contribution < -0.4 is 16.6 Å². The zero-order chi connectivity index (χ0) is 21.3. The number of benzene rings is 1. The molecule has 0 bridgehead atoms. The molecule has 3 heterocycles. The lowest BCUT2D eigenvalue weighted by Gasteiger charge is -2.28. The van der Waals surface area contributed by atoms with Crippen LogP contribution >= 0.6 is 0 Å². The average Bonchev–Trinajstić information content (AvgIpc) is 3.34. The fourth-order valence-corrected chi connectivity index (χ4v) is 4.14. The van der Waals surface area contributed by atoms with E-state index in [4.69, 9.17) is 4.42 Å². The lowest BCUT2D eigenvalue weighted by molar-refractivity contribution is -0.402. The van der Waals surface area contributed by atoms with Crippen molar-refractivity contribution >= 4 is 23.2 Å². The minimum Gasteiger partial charge on any atom is -0.405 e. The zero-order valence-corrected chi connectivity index (χ0v) is 15.8. The minimum absolute atomic E-state index is 0.0776. The number of nitro groups is 1. The minimum atomic E-state index is -1.00. The summed E-state index contributed by atoms with van der Waals surface area (Å²) >= 11 is 0. The average molecular weight is 406 g/mol. The number of nitrogens with zero attached hydrogens (tertiary/aromatic N) is 3. The molecule has 10 heteroatoms. The molecular weight excluding hydrogens is 392 g/mol. The first-order chi connectivity index (χ1) is 14.3. The zero-order valence-electron chi connectivity index (χ0n) is 15.8. The summed E-state index contributed by atoms with van der Waals surface area (Å²) in [7, 11) is 2.84. The number of fused-ring (bicyclic) bond motifs is 3. The van der Waals surface area contributed by atoms with Crippen molar-refractivity contribution < 1.29 is 14.1 Å². The molecule has 1 aliphatic carbocycles. The highest BCUT2D eigenvalue weighted by Crippen LogP contribution is 2.48. The molecule has 10 nitrogen and oxygen atoms in total. The molecule has 0 amide bonds. The molecule has 0 saturated heterocycles. The molecule has 3 aromatic rings. The lowest BCUT2D eigenvalue weighted by Crippen LogP contribution is -2.42. The second kappa shape index (κ2) is 5.89. The molecule has 0 saturated carbocycles. The topological polar surface area (TPSA) is 129 Å². The molecule has 150 valence electrons. The Morgan fingerprint density at radius 3 is 2.40 bits per heavy atom. The number of hydrogen-bond acceptors (Lipinski definition) is 7. The Hall–Kier alpha value is -4.21. The summed E-state index contributed by atoms with van der Waals surface area (Å²) in [5.74, 6) is -1.52. The fraction of sp³-hybridized carbons (Fsp3) is 0.150. The summed E-state index contributed by atoms with van der Waals surface area (Å²) in [5.41, 5.74) is 0.734. The van der Waals surface area contributed by atoms with Gasteiger partial charge in [-0.25, -0.2) is 4.79 Å². The second-order valence-corrected chi connectivity index (χ2v) is 7.12. The van der Waals surface area contributed by atoms with Crippen LogP contribution in [-0.4, -0.2) is 19.8 Å². The number of ketones is 1. The summed E-state index contributed by atoms with van der Waals surface area (Å²) in [6.45, 7) is 0. The Morgan fingerprint density at radius 2 is 1.73 bits per heavy atom. The molecule has 30 heavy (non-hydrogen) atoms. The van der Waals surface area contributed by atoms with Crippen molar-refractivity contribution in [3.63, 3.8) is 0 Å². The van der Waals surface area contributed by atoms with Gasteiger partial charge >= 0.3 is 11.6 Å². The Bertz CT molecular complexity index is 1440. The van der Waals surface area contributed by atoms with Gasteiger partial charge in [0, 0.05) is 30.8 Å². The summed E-state index contributed by atoms with van der Waals surface area (Å²) in [4.78, 5) is 49.3. The van der Waals surface area contributed by atoms with Gasteiger partial charge in [0.15, 0.2) is 5.78 Å². The summed E-state index contributed by atoms with van der Waals surface area (Å²) in [6, 6.07) is 9.48. The first-order valence-corrected chi connectivity index (χ1v) is 9.00. The molecule has 1 N–H and O–H groups in total. The molecule has 0 radical (unpaired) electrons. The molecule has 0 fully saturated rings. The third-order valence-electron chi connectivity index (χ3n) is 5.55. The summed E-state index contributed by atoms with van der Waals surface area (Å²) in [6.07, 6.45) is 0. The van der Waals surface area contributed by atoms with Crippen molar-refractivity contribution in [2.45, 2.75) is 5.92 Å². The van der Waals surface area contributed by atoms with Gasteiger partial charge in [0.2, 0.25) is 0 Å². The predicted octanol–water partition coefficient (Wildman–Crippen LogP) is 1.75. The number of carbonyl (C=O) groups excluding carboxylic acids is 1. The van der Waals surface area contributed by atoms with E-state index in [0.717, 1.165) is 4.57 Å². The van der Waals surface area contributed by atoms with Crippen LogP contribution in [0, 0.1) is 10.1 Å². The maximum absolute atomic E-state index is 13.3. The maximum atomic E-state index is 13.3. The first-order valence-electron chi connectivity index (χ1n) is 9.00. The number of carbonyl (C=O) groups is 1. The van der Waals surface area contributed by atoms with Gasteiger partial charge in [0.05, 0.1) is 23.2 Å². The molecule has 0 spiro atoms. The number of aromatic nitrogens is 2.